The summed E-state index contributed by atoms with van der Waals surface area (Å²) in [4.78, 5) is 26.3. The number of carbonyl (C=O) groups excluding carboxylic acids is 2. The van der Waals surface area contributed by atoms with Gasteiger partial charge < -0.3 is 19.7 Å². The molecule has 1 aliphatic rings. The van der Waals surface area contributed by atoms with Crippen LogP contribution in [0.1, 0.15) is 63.1 Å². The molecule has 238 valence electrons. The molecule has 5 rings (SSSR count). The number of ether oxygens (including phenoxy) is 1. The van der Waals surface area contributed by atoms with E-state index in [4.69, 9.17) is 4.74 Å². The first-order valence-electron chi connectivity index (χ1n) is 14.8. The monoisotopic (exact) mass is 624 g/mol. The second-order valence-corrected chi connectivity index (χ2v) is 13.0. The minimum absolute atomic E-state index is 0.127. The van der Waals surface area contributed by atoms with E-state index >= 15 is 0 Å². The van der Waals surface area contributed by atoms with Crippen molar-refractivity contribution in [3.63, 3.8) is 0 Å². The lowest BCUT2D eigenvalue weighted by Gasteiger charge is -2.26. The summed E-state index contributed by atoms with van der Waals surface area (Å²) < 4.78 is 63.2. The molecular weight excluding hydrogens is 588 g/mol. The molecule has 1 amide bonds. The largest absolute Gasteiger partial charge is 0.494 e. The predicted octanol–water partition coefficient (Wildman–Crippen LogP) is 8.12. The molecule has 1 fully saturated rings. The Morgan fingerprint density at radius 1 is 0.978 bits per heavy atom. The van der Waals surface area contributed by atoms with Crippen LogP contribution in [0.2, 0.25) is 0 Å². The maximum atomic E-state index is 14.2. The summed E-state index contributed by atoms with van der Waals surface area (Å²) in [6.45, 7) is 6.54. The van der Waals surface area contributed by atoms with E-state index in [1.807, 2.05) is 6.07 Å². The zero-order valence-electron chi connectivity index (χ0n) is 25.5. The number of hydrogen-bond donors (Lipinski definition) is 2. The van der Waals surface area contributed by atoms with Crippen molar-refractivity contribution in [2.45, 2.75) is 71.2 Å². The molecular formula is C35H36F4N2O4. The van der Waals surface area contributed by atoms with Crippen molar-refractivity contribution in [2.75, 3.05) is 5.32 Å². The molecule has 1 aromatic heterocycles. The van der Waals surface area contributed by atoms with Crippen LogP contribution in [0.4, 0.5) is 23.2 Å². The van der Waals surface area contributed by atoms with Gasteiger partial charge in [0.15, 0.2) is 5.88 Å². The summed E-state index contributed by atoms with van der Waals surface area (Å²) >= 11 is 0. The van der Waals surface area contributed by atoms with Crippen LogP contribution in [0.5, 0.6) is 5.88 Å². The van der Waals surface area contributed by atoms with Crippen LogP contribution in [0, 0.1) is 17.2 Å². The number of amides is 1. The summed E-state index contributed by atoms with van der Waals surface area (Å²) in [5, 5.41) is 13.8. The number of fused-ring (bicyclic) bond motifs is 1. The minimum Gasteiger partial charge on any atom is -0.494 e. The first kappa shape index (κ1) is 32.1. The number of esters is 1. The Bertz CT molecular complexity index is 1720. The van der Waals surface area contributed by atoms with E-state index < -0.39 is 40.8 Å². The van der Waals surface area contributed by atoms with Gasteiger partial charge in [0.1, 0.15) is 11.4 Å². The minimum atomic E-state index is -4.64. The molecule has 2 N–H and O–H groups in total. The number of rotatable bonds is 9. The van der Waals surface area contributed by atoms with Gasteiger partial charge in [-0.15, -0.1) is 0 Å². The molecule has 45 heavy (non-hydrogen) atoms. The lowest BCUT2D eigenvalue weighted by atomic mass is 9.85. The van der Waals surface area contributed by atoms with E-state index in [0.717, 1.165) is 12.5 Å². The third-order valence-corrected chi connectivity index (χ3v) is 8.26. The fourth-order valence-electron chi connectivity index (χ4n) is 5.60. The number of carbonyl (C=O) groups is 2. The molecule has 6 nitrogen and oxygen atoms in total. The van der Waals surface area contributed by atoms with E-state index in [0.29, 0.717) is 35.9 Å². The van der Waals surface area contributed by atoms with E-state index in [2.05, 4.69) is 5.32 Å². The molecule has 10 heteroatoms. The van der Waals surface area contributed by atoms with Gasteiger partial charge in [0.2, 0.25) is 5.91 Å². The summed E-state index contributed by atoms with van der Waals surface area (Å²) in [5.74, 6) is -5.24. The number of nitrogens with one attached hydrogen (secondary N) is 1. The zero-order chi connectivity index (χ0) is 32.7. The van der Waals surface area contributed by atoms with E-state index in [9.17, 15) is 32.3 Å². The van der Waals surface area contributed by atoms with Crippen LogP contribution >= 0.6 is 0 Å². The van der Waals surface area contributed by atoms with Gasteiger partial charge in [0, 0.05) is 22.7 Å². The highest BCUT2D eigenvalue weighted by Gasteiger charge is 2.52. The number of alkyl halides is 3. The third kappa shape index (κ3) is 7.16. The van der Waals surface area contributed by atoms with E-state index in [1.165, 1.54) is 35.0 Å². The second-order valence-electron chi connectivity index (χ2n) is 13.0. The summed E-state index contributed by atoms with van der Waals surface area (Å²) in [6, 6.07) is 17.3. The van der Waals surface area contributed by atoms with Crippen LogP contribution < -0.4 is 5.32 Å². The van der Waals surface area contributed by atoms with Crippen molar-refractivity contribution in [2.24, 2.45) is 11.3 Å². The SMILES string of the molecule is CC(C(C(=O)Nc1cccc(CC2(C(=O)OC(C)(C)C)CC2)c1)c1ccc(Cn2cc3c(F)cccc3c2O)cc1)C(F)(F)F. The van der Waals surface area contributed by atoms with E-state index in [-0.39, 0.29) is 29.3 Å². The number of halogens is 4. The fraction of sp³-hybridized carbons (Fsp3) is 0.371. The van der Waals surface area contributed by atoms with Gasteiger partial charge in [0.25, 0.3) is 0 Å². The number of nitrogens with zero attached hydrogens (tertiary/aromatic N) is 1. The van der Waals surface area contributed by atoms with Crippen LogP contribution in [0.3, 0.4) is 0 Å². The van der Waals surface area contributed by atoms with E-state index in [1.54, 1.807) is 57.2 Å². The summed E-state index contributed by atoms with van der Waals surface area (Å²) in [6.07, 6.45) is -1.42. The van der Waals surface area contributed by atoms with Crippen molar-refractivity contribution in [3.8, 4) is 5.88 Å². The summed E-state index contributed by atoms with van der Waals surface area (Å²) in [5.41, 5.74) is 0.650. The average Bonchev–Trinajstić information content (AvgIpc) is 3.66. The number of aromatic hydroxyl groups is 1. The molecule has 1 heterocycles. The Morgan fingerprint density at radius 2 is 1.64 bits per heavy atom. The zero-order valence-corrected chi connectivity index (χ0v) is 25.5. The molecule has 0 bridgehead atoms. The van der Waals surface area contributed by atoms with Crippen molar-refractivity contribution in [1.82, 2.24) is 4.57 Å². The Kier molecular flexibility index (Phi) is 8.46. The maximum absolute atomic E-state index is 14.2. The molecule has 2 atom stereocenters. The highest BCUT2D eigenvalue weighted by Crippen LogP contribution is 2.50. The first-order valence-corrected chi connectivity index (χ1v) is 14.8. The van der Waals surface area contributed by atoms with Crippen LogP contribution in [-0.2, 0) is 27.3 Å². The van der Waals surface area contributed by atoms with Crippen molar-refractivity contribution < 1.29 is 37.0 Å². The number of benzene rings is 3. The van der Waals surface area contributed by atoms with Gasteiger partial charge >= 0.3 is 12.1 Å². The van der Waals surface area contributed by atoms with Crippen molar-refractivity contribution >= 4 is 28.3 Å². The predicted molar refractivity (Wildman–Crippen MR) is 163 cm³/mol. The Hall–Kier alpha value is -4.34. The molecule has 0 saturated heterocycles. The summed E-state index contributed by atoms with van der Waals surface area (Å²) in [7, 11) is 0. The maximum Gasteiger partial charge on any atom is 0.392 e. The van der Waals surface area contributed by atoms with Crippen LogP contribution in [0.25, 0.3) is 10.8 Å². The third-order valence-electron chi connectivity index (χ3n) is 8.26. The molecule has 0 aliphatic heterocycles. The van der Waals surface area contributed by atoms with Gasteiger partial charge in [-0.05, 0) is 81.0 Å². The fourth-order valence-corrected chi connectivity index (χ4v) is 5.60. The molecule has 0 spiro atoms. The molecule has 1 aliphatic carbocycles. The first-order chi connectivity index (χ1) is 21.1. The van der Waals surface area contributed by atoms with Gasteiger partial charge in [-0.3, -0.25) is 9.59 Å². The molecule has 4 aromatic rings. The number of aromatic nitrogens is 1. The Labute approximate surface area is 259 Å². The lowest BCUT2D eigenvalue weighted by molar-refractivity contribution is -0.178. The Morgan fingerprint density at radius 3 is 2.24 bits per heavy atom. The molecule has 1 saturated carbocycles. The second kappa shape index (κ2) is 11.9. The number of anilines is 1. The van der Waals surface area contributed by atoms with Gasteiger partial charge in [0.05, 0.1) is 23.8 Å². The van der Waals surface area contributed by atoms with Crippen LogP contribution in [-0.4, -0.2) is 33.3 Å². The van der Waals surface area contributed by atoms with Crippen molar-refractivity contribution in [3.05, 3.63) is 95.4 Å². The lowest BCUT2D eigenvalue weighted by Crippen LogP contribution is -2.34. The van der Waals surface area contributed by atoms with Crippen LogP contribution in [0.15, 0.2) is 72.9 Å². The normalized spacial score (nSPS) is 15.8. The number of hydrogen-bond acceptors (Lipinski definition) is 4. The van der Waals surface area contributed by atoms with Gasteiger partial charge in [-0.25, -0.2) is 4.39 Å². The highest BCUT2D eigenvalue weighted by atomic mass is 19.4. The topological polar surface area (TPSA) is 80.6 Å². The average molecular weight is 625 g/mol. The smallest absolute Gasteiger partial charge is 0.392 e. The highest BCUT2D eigenvalue weighted by molar-refractivity contribution is 5.96. The molecule has 2 unspecified atom stereocenters. The molecule has 3 aromatic carbocycles. The van der Waals surface area contributed by atoms with Gasteiger partial charge in [-0.1, -0.05) is 49.4 Å². The molecule has 0 radical (unpaired) electrons. The standard InChI is InChI=1S/C35H36F4N2O4/c1-21(35(37,38)39)29(24-13-11-22(12-14-24)19-41-20-27-26(31(41)43)9-6-10-28(27)36)30(42)40-25-8-5-7-23(17-25)18-34(15-16-34)32(44)45-33(2,3)4/h5-14,17,20-21,29,43H,15-16,18-19H2,1-4H3,(H,40,42). The van der Waals surface area contributed by atoms with Crippen molar-refractivity contribution in [1.29, 1.82) is 0 Å². The van der Waals surface area contributed by atoms with Gasteiger partial charge in [-0.2, -0.15) is 13.2 Å². The quantitative estimate of drug-likeness (QED) is 0.146. The Balaban J connectivity index is 1.34.